The molecule has 0 aliphatic heterocycles. The summed E-state index contributed by atoms with van der Waals surface area (Å²) in [5.41, 5.74) is 0. The predicted molar refractivity (Wildman–Crippen MR) is 54.7 cm³/mol. The van der Waals surface area contributed by atoms with E-state index in [1.54, 1.807) is 0 Å². The van der Waals surface area contributed by atoms with Gasteiger partial charge >= 0.3 is 6.18 Å². The van der Waals surface area contributed by atoms with Crippen LogP contribution in [0.4, 0.5) is 13.2 Å². The van der Waals surface area contributed by atoms with Crippen LogP contribution in [-0.2, 0) is 0 Å². The van der Waals surface area contributed by atoms with Crippen LogP contribution in [-0.4, -0.2) is 18.8 Å². The van der Waals surface area contributed by atoms with Crippen molar-refractivity contribution in [3.8, 4) is 0 Å². The highest BCUT2D eigenvalue weighted by Crippen LogP contribution is 2.34. The first kappa shape index (κ1) is 12.8. The summed E-state index contributed by atoms with van der Waals surface area (Å²) in [5, 5.41) is 3.21. The van der Waals surface area contributed by atoms with Crippen LogP contribution in [0, 0.1) is 5.92 Å². The molecule has 0 aromatic heterocycles. The van der Waals surface area contributed by atoms with E-state index in [0.29, 0.717) is 12.6 Å². The third-order valence-corrected chi connectivity index (χ3v) is 2.88. The molecule has 1 N–H and O–H groups in total. The first-order valence-electron chi connectivity index (χ1n) is 5.81. The molecule has 90 valence electrons. The van der Waals surface area contributed by atoms with Gasteiger partial charge in [-0.05, 0) is 31.7 Å². The van der Waals surface area contributed by atoms with Crippen molar-refractivity contribution in [2.24, 2.45) is 5.92 Å². The van der Waals surface area contributed by atoms with E-state index in [0.717, 1.165) is 18.8 Å². The zero-order valence-electron chi connectivity index (χ0n) is 9.24. The summed E-state index contributed by atoms with van der Waals surface area (Å²) in [6.45, 7) is 2.58. The van der Waals surface area contributed by atoms with Gasteiger partial charge in [0.2, 0.25) is 0 Å². The van der Waals surface area contributed by atoms with Crippen LogP contribution in [0.5, 0.6) is 0 Å². The van der Waals surface area contributed by atoms with E-state index in [2.05, 4.69) is 12.2 Å². The molecular formula is C11H20F3N. The molecule has 0 aromatic carbocycles. The second-order valence-corrected chi connectivity index (χ2v) is 4.46. The molecule has 0 heterocycles. The van der Waals surface area contributed by atoms with E-state index < -0.39 is 12.6 Å². The van der Waals surface area contributed by atoms with Crippen molar-refractivity contribution in [3.63, 3.8) is 0 Å². The second-order valence-electron chi connectivity index (χ2n) is 4.46. The largest absolute Gasteiger partial charge is 0.389 e. The topological polar surface area (TPSA) is 12.0 Å². The number of hydrogen-bond acceptors (Lipinski definition) is 1. The quantitative estimate of drug-likeness (QED) is 0.651. The zero-order valence-corrected chi connectivity index (χ0v) is 9.24. The molecule has 1 atom stereocenters. The molecule has 0 aromatic rings. The number of rotatable bonds is 7. The van der Waals surface area contributed by atoms with Crippen LogP contribution in [0.25, 0.3) is 0 Å². The number of halogens is 3. The van der Waals surface area contributed by atoms with Gasteiger partial charge in [0, 0.05) is 12.5 Å². The highest BCUT2D eigenvalue weighted by Gasteiger charge is 2.27. The minimum Gasteiger partial charge on any atom is -0.314 e. The van der Waals surface area contributed by atoms with Crippen LogP contribution in [0.15, 0.2) is 0 Å². The predicted octanol–water partition coefficient (Wildman–Crippen LogP) is 3.50. The van der Waals surface area contributed by atoms with Crippen molar-refractivity contribution in [2.75, 3.05) is 6.54 Å². The van der Waals surface area contributed by atoms with Gasteiger partial charge in [-0.1, -0.05) is 19.8 Å². The smallest absolute Gasteiger partial charge is 0.314 e. The molecular weight excluding hydrogens is 203 g/mol. The Morgan fingerprint density at radius 2 is 2.00 bits per heavy atom. The maximum atomic E-state index is 11.9. The van der Waals surface area contributed by atoms with Gasteiger partial charge in [-0.2, -0.15) is 13.2 Å². The van der Waals surface area contributed by atoms with E-state index in [-0.39, 0.29) is 6.42 Å². The van der Waals surface area contributed by atoms with Crippen LogP contribution in [0.3, 0.4) is 0 Å². The molecule has 0 radical (unpaired) electrons. The van der Waals surface area contributed by atoms with Crippen LogP contribution in [0.2, 0.25) is 0 Å². The summed E-state index contributed by atoms with van der Waals surface area (Å²) < 4.78 is 35.6. The van der Waals surface area contributed by atoms with E-state index in [4.69, 9.17) is 0 Å². The molecule has 4 heteroatoms. The van der Waals surface area contributed by atoms with Gasteiger partial charge in [0.05, 0.1) is 0 Å². The van der Waals surface area contributed by atoms with Gasteiger partial charge in [-0.15, -0.1) is 0 Å². The summed E-state index contributed by atoms with van der Waals surface area (Å²) in [4.78, 5) is 0. The third kappa shape index (κ3) is 6.77. The second kappa shape index (κ2) is 5.73. The van der Waals surface area contributed by atoms with Gasteiger partial charge in [0.1, 0.15) is 0 Å². The Kier molecular flexibility index (Phi) is 4.90. The van der Waals surface area contributed by atoms with Crippen molar-refractivity contribution in [1.82, 2.24) is 5.32 Å². The van der Waals surface area contributed by atoms with Gasteiger partial charge in [-0.25, -0.2) is 0 Å². The van der Waals surface area contributed by atoms with Crippen LogP contribution >= 0.6 is 0 Å². The van der Waals surface area contributed by atoms with Gasteiger partial charge < -0.3 is 5.32 Å². The van der Waals surface area contributed by atoms with Crippen molar-refractivity contribution < 1.29 is 13.2 Å². The van der Waals surface area contributed by atoms with Crippen molar-refractivity contribution >= 4 is 0 Å². The molecule has 1 saturated carbocycles. The number of hydrogen-bond donors (Lipinski definition) is 1. The molecule has 0 bridgehead atoms. The average molecular weight is 223 g/mol. The lowest BCUT2D eigenvalue weighted by atomic mass is 10.1. The Bertz CT molecular complexity index is 175. The standard InChI is InChI=1S/C11H20F3N/c1-2-10(8-9-4-5-9)15-7-3-6-11(12,13)14/h9-10,15H,2-8H2,1H3. The van der Waals surface area contributed by atoms with Gasteiger partial charge in [0.15, 0.2) is 0 Å². The highest BCUT2D eigenvalue weighted by molar-refractivity contribution is 4.79. The molecule has 1 rings (SSSR count). The normalized spacial score (nSPS) is 19.2. The molecule has 1 aliphatic rings. The minimum atomic E-state index is -4.00. The van der Waals surface area contributed by atoms with E-state index in [1.807, 2.05) is 0 Å². The van der Waals surface area contributed by atoms with Crippen molar-refractivity contribution in [2.45, 2.75) is 57.7 Å². The maximum absolute atomic E-state index is 11.9. The lowest BCUT2D eigenvalue weighted by Crippen LogP contribution is -2.30. The molecule has 1 fully saturated rings. The summed E-state index contributed by atoms with van der Waals surface area (Å²) in [6, 6.07) is 0.422. The SMILES string of the molecule is CCC(CC1CC1)NCCCC(F)(F)F. The molecule has 1 nitrogen and oxygen atoms in total. The summed E-state index contributed by atoms with van der Waals surface area (Å²) in [7, 11) is 0. The Balaban J connectivity index is 2.01. The van der Waals surface area contributed by atoms with E-state index in [1.165, 1.54) is 12.8 Å². The van der Waals surface area contributed by atoms with Gasteiger partial charge in [0.25, 0.3) is 0 Å². The summed E-state index contributed by atoms with van der Waals surface area (Å²) in [5.74, 6) is 0.838. The number of nitrogens with one attached hydrogen (secondary N) is 1. The fourth-order valence-electron chi connectivity index (χ4n) is 1.75. The fraction of sp³-hybridized carbons (Fsp3) is 1.00. The van der Waals surface area contributed by atoms with Crippen LogP contribution < -0.4 is 5.32 Å². The maximum Gasteiger partial charge on any atom is 0.389 e. The van der Waals surface area contributed by atoms with E-state index in [9.17, 15) is 13.2 Å². The summed E-state index contributed by atoms with van der Waals surface area (Å²) in [6.07, 6.45) is 0.302. The van der Waals surface area contributed by atoms with Crippen molar-refractivity contribution in [1.29, 1.82) is 0 Å². The first-order valence-corrected chi connectivity index (χ1v) is 5.81. The lowest BCUT2D eigenvalue weighted by Gasteiger charge is -2.16. The molecule has 15 heavy (non-hydrogen) atoms. The zero-order chi connectivity index (χ0) is 11.3. The average Bonchev–Trinajstić information content (AvgIpc) is 2.92. The third-order valence-electron chi connectivity index (χ3n) is 2.88. The number of alkyl halides is 3. The molecule has 1 unspecified atom stereocenters. The lowest BCUT2D eigenvalue weighted by molar-refractivity contribution is -0.135. The Hall–Kier alpha value is -0.250. The molecule has 0 amide bonds. The minimum absolute atomic E-state index is 0.199. The molecule has 0 spiro atoms. The Morgan fingerprint density at radius 1 is 1.33 bits per heavy atom. The first-order chi connectivity index (χ1) is 7.01. The molecule has 1 aliphatic carbocycles. The monoisotopic (exact) mass is 223 g/mol. The summed E-state index contributed by atoms with van der Waals surface area (Å²) >= 11 is 0. The van der Waals surface area contributed by atoms with Gasteiger partial charge in [-0.3, -0.25) is 0 Å². The van der Waals surface area contributed by atoms with Crippen molar-refractivity contribution in [3.05, 3.63) is 0 Å². The molecule has 0 saturated heterocycles. The fourth-order valence-corrected chi connectivity index (χ4v) is 1.75. The van der Waals surface area contributed by atoms with E-state index >= 15 is 0 Å². The highest BCUT2D eigenvalue weighted by atomic mass is 19.4. The Labute approximate surface area is 89.4 Å². The Morgan fingerprint density at radius 3 is 2.47 bits per heavy atom. The van der Waals surface area contributed by atoms with Crippen LogP contribution in [0.1, 0.15) is 45.4 Å².